The number of anilines is 2. The molecule has 4 aromatic rings. The number of likely N-dealkylation sites (tertiary alicyclic amines) is 2. The number of benzene rings is 4. The lowest BCUT2D eigenvalue weighted by atomic mass is 9.85. The summed E-state index contributed by atoms with van der Waals surface area (Å²) >= 11 is 0. The van der Waals surface area contributed by atoms with Gasteiger partial charge in [-0.25, -0.2) is 0 Å². The van der Waals surface area contributed by atoms with E-state index in [9.17, 15) is 29.0 Å². The smallest absolute Gasteiger partial charge is 0.374 e. The first kappa shape index (κ1) is 39.5. The molecule has 4 atom stereocenters. The van der Waals surface area contributed by atoms with E-state index in [0.717, 1.165) is 5.56 Å². The van der Waals surface area contributed by atoms with Crippen LogP contribution < -0.4 is 21.2 Å². The molecular weight excluding hydrogens is 706 g/mol. The number of hydrogen-bond donors (Lipinski definition) is 5. The summed E-state index contributed by atoms with van der Waals surface area (Å²) in [6.45, 7) is 2.37. The van der Waals surface area contributed by atoms with Crippen molar-refractivity contribution in [2.75, 3.05) is 23.7 Å². The summed E-state index contributed by atoms with van der Waals surface area (Å²) in [5.41, 5.74) is 3.84. The van der Waals surface area contributed by atoms with Crippen LogP contribution in [0.3, 0.4) is 0 Å². The van der Waals surface area contributed by atoms with Gasteiger partial charge in [-0.1, -0.05) is 72.5 Å². The van der Waals surface area contributed by atoms with Crippen molar-refractivity contribution < 1.29 is 29.0 Å². The molecule has 56 heavy (non-hydrogen) atoms. The Morgan fingerprint density at radius 2 is 1.07 bits per heavy atom. The Bertz CT molecular complexity index is 2090. The van der Waals surface area contributed by atoms with Crippen molar-refractivity contribution in [2.45, 2.75) is 56.7 Å². The molecule has 282 valence electrons. The van der Waals surface area contributed by atoms with Crippen molar-refractivity contribution >= 4 is 55.7 Å². The van der Waals surface area contributed by atoms with E-state index >= 15 is 0 Å². The Hall–Kier alpha value is -6.16. The van der Waals surface area contributed by atoms with E-state index in [1.54, 1.807) is 90.6 Å². The molecule has 2 heterocycles. The number of hydrogen-bond acceptors (Lipinski definition) is 7. The number of nitrogens with zero attached hydrogens (tertiary/aromatic N) is 2. The average molecular weight is 748 g/mol. The maximum absolute atomic E-state index is 13.6. The predicted molar refractivity (Wildman–Crippen MR) is 215 cm³/mol. The highest BCUT2D eigenvalue weighted by Crippen LogP contribution is 2.27. The predicted octanol–water partition coefficient (Wildman–Crippen LogP) is 4.01. The first-order chi connectivity index (χ1) is 27.1. The first-order valence-corrected chi connectivity index (χ1v) is 18.6. The van der Waals surface area contributed by atoms with Gasteiger partial charge in [-0.2, -0.15) is 0 Å². The van der Waals surface area contributed by atoms with Crippen LogP contribution in [-0.4, -0.2) is 84.3 Å². The molecule has 14 heteroatoms. The molecule has 5 N–H and O–H groups in total. The van der Waals surface area contributed by atoms with Crippen LogP contribution in [-0.2, 0) is 19.2 Å². The zero-order valence-corrected chi connectivity index (χ0v) is 31.0. The fourth-order valence-electron chi connectivity index (χ4n) is 7.08. The molecule has 0 spiro atoms. The molecule has 6 rings (SSSR count). The lowest BCUT2D eigenvalue weighted by molar-refractivity contribution is -0.138. The summed E-state index contributed by atoms with van der Waals surface area (Å²) in [5.74, 6) is 4.10. The van der Waals surface area contributed by atoms with E-state index in [1.165, 1.54) is 4.90 Å². The molecule has 2 aliphatic rings. The molecule has 0 unspecified atom stereocenters. The molecule has 5 amide bonds. The third-order valence-corrected chi connectivity index (χ3v) is 9.79. The zero-order valence-electron chi connectivity index (χ0n) is 31.0. The summed E-state index contributed by atoms with van der Waals surface area (Å²) in [6.07, 6.45) is 2.35. The van der Waals surface area contributed by atoms with Gasteiger partial charge in [0.25, 0.3) is 0 Å². The van der Waals surface area contributed by atoms with Gasteiger partial charge in [0.1, 0.15) is 24.2 Å². The van der Waals surface area contributed by atoms with Crippen molar-refractivity contribution in [3.63, 3.8) is 0 Å². The van der Waals surface area contributed by atoms with E-state index in [-0.39, 0.29) is 17.7 Å². The molecule has 0 bridgehead atoms. The standard InChI is InChI=1S/C42H42B2N6O6/c1-44(56)48-37(31-12-6-3-7-13-31)41(54)50-27-9-15-35(50)39(52)46-33-24-20-29(21-25-33)17-16-28-18-22-32(23-19-28)45-38(51)34-14-8-26-49(34)40(53)36(47-42(43)55)30-10-4-2-5-11-30/h2-7,10-13,18-25,34-37,48,56H,8-9,14-15,26-27H2,1H3,(H,45,51)(H,46,52)(H,47,55)/t34-,35-,36-,37-/m0/s1. The van der Waals surface area contributed by atoms with E-state index in [0.29, 0.717) is 66.8 Å². The topological polar surface area (TPSA) is 160 Å². The van der Waals surface area contributed by atoms with Gasteiger partial charge in [-0.3, -0.25) is 24.0 Å². The van der Waals surface area contributed by atoms with E-state index in [2.05, 4.69) is 33.0 Å². The van der Waals surface area contributed by atoms with Gasteiger partial charge in [0.2, 0.25) is 31.5 Å². The lowest BCUT2D eigenvalue weighted by Crippen LogP contribution is -2.49. The van der Waals surface area contributed by atoms with Crippen molar-refractivity contribution in [1.29, 1.82) is 0 Å². The van der Waals surface area contributed by atoms with Crippen LogP contribution in [0.2, 0.25) is 6.82 Å². The van der Waals surface area contributed by atoms with E-state index in [1.807, 2.05) is 30.3 Å². The highest BCUT2D eigenvalue weighted by atomic mass is 16.2. The monoisotopic (exact) mass is 748 g/mol. The second kappa shape index (κ2) is 18.4. The van der Waals surface area contributed by atoms with Gasteiger partial charge in [0.15, 0.2) is 5.81 Å². The van der Waals surface area contributed by atoms with Gasteiger partial charge < -0.3 is 36.0 Å². The lowest BCUT2D eigenvalue weighted by Gasteiger charge is -2.29. The van der Waals surface area contributed by atoms with Gasteiger partial charge in [-0.05, 0) is 92.2 Å². The number of carbonyl (C=O) groups excluding carboxylic acids is 5. The third kappa shape index (κ3) is 9.92. The van der Waals surface area contributed by atoms with Crippen molar-refractivity contribution in [3.8, 4) is 11.8 Å². The molecular formula is C42H42B2N6O6. The van der Waals surface area contributed by atoms with E-state index < -0.39 is 42.9 Å². The van der Waals surface area contributed by atoms with Crippen LogP contribution in [0.5, 0.6) is 0 Å². The fourth-order valence-corrected chi connectivity index (χ4v) is 7.08. The van der Waals surface area contributed by atoms with Gasteiger partial charge in [0, 0.05) is 35.6 Å². The summed E-state index contributed by atoms with van der Waals surface area (Å²) in [4.78, 5) is 68.7. The number of nitrogens with one attached hydrogen (secondary N) is 4. The summed E-state index contributed by atoms with van der Waals surface area (Å²) in [7, 11) is 4.45. The molecule has 2 fully saturated rings. The number of amides is 5. The van der Waals surface area contributed by atoms with Crippen LogP contribution in [0.15, 0.2) is 109 Å². The average Bonchev–Trinajstić information content (AvgIpc) is 3.91. The molecule has 2 radical (unpaired) electrons. The number of rotatable bonds is 11. The SMILES string of the molecule is [B]C(=O)N[C@H](C(=O)N1CCC[C@H]1C(=O)Nc1ccc(C#Cc2ccc(NC(=O)[C@@H]3CCCN3C(=O)[C@@H](NB(C)O)c3ccccc3)cc2)cc1)c1ccccc1. The summed E-state index contributed by atoms with van der Waals surface area (Å²) in [6, 6.07) is 28.9. The van der Waals surface area contributed by atoms with Crippen LogP contribution in [0.4, 0.5) is 16.2 Å². The highest BCUT2D eigenvalue weighted by molar-refractivity contribution is 6.57. The molecule has 2 saturated heterocycles. The molecule has 0 saturated carbocycles. The molecule has 0 aromatic heterocycles. The van der Waals surface area contributed by atoms with Gasteiger partial charge in [-0.15, -0.1) is 0 Å². The number of carbonyl (C=O) groups is 5. The van der Waals surface area contributed by atoms with Crippen LogP contribution >= 0.6 is 0 Å². The summed E-state index contributed by atoms with van der Waals surface area (Å²) < 4.78 is 0. The Morgan fingerprint density at radius 1 is 0.661 bits per heavy atom. The summed E-state index contributed by atoms with van der Waals surface area (Å²) in [5, 5.41) is 21.3. The minimum atomic E-state index is -1.01. The van der Waals surface area contributed by atoms with Crippen molar-refractivity contribution in [3.05, 3.63) is 131 Å². The third-order valence-electron chi connectivity index (χ3n) is 9.79. The van der Waals surface area contributed by atoms with Crippen LogP contribution in [0, 0.1) is 11.8 Å². The maximum atomic E-state index is 13.6. The second-order valence-electron chi connectivity index (χ2n) is 13.8. The largest absolute Gasteiger partial charge is 0.437 e. The quantitative estimate of drug-likeness (QED) is 0.115. The molecule has 2 aliphatic heterocycles. The molecule has 0 aliphatic carbocycles. The van der Waals surface area contributed by atoms with Crippen molar-refractivity contribution in [1.82, 2.24) is 20.3 Å². The highest BCUT2D eigenvalue weighted by Gasteiger charge is 2.39. The fraction of sp³-hybridized carbons (Fsp3) is 0.262. The Labute approximate surface area is 328 Å². The Morgan fingerprint density at radius 3 is 1.48 bits per heavy atom. The minimum Gasteiger partial charge on any atom is -0.437 e. The van der Waals surface area contributed by atoms with Crippen LogP contribution in [0.1, 0.15) is 60.0 Å². The van der Waals surface area contributed by atoms with Crippen LogP contribution in [0.25, 0.3) is 0 Å². The zero-order chi connectivity index (χ0) is 39.6. The minimum absolute atomic E-state index is 0.267. The maximum Gasteiger partial charge on any atom is 0.374 e. The Balaban J connectivity index is 1.03. The van der Waals surface area contributed by atoms with E-state index in [4.69, 9.17) is 7.85 Å². The Kier molecular flexibility index (Phi) is 13.0. The molecule has 4 aromatic carbocycles. The second-order valence-corrected chi connectivity index (χ2v) is 13.8. The van der Waals surface area contributed by atoms with Gasteiger partial charge >= 0.3 is 7.05 Å². The van der Waals surface area contributed by atoms with Gasteiger partial charge in [0.05, 0.1) is 0 Å². The van der Waals surface area contributed by atoms with Crippen molar-refractivity contribution in [2.24, 2.45) is 0 Å². The normalized spacial score (nSPS) is 17.2. The first-order valence-electron chi connectivity index (χ1n) is 18.6. The molecule has 12 nitrogen and oxygen atoms in total.